The van der Waals surface area contributed by atoms with Crippen molar-refractivity contribution in [3.8, 4) is 0 Å². The Morgan fingerprint density at radius 1 is 1.27 bits per heavy atom. The molecule has 7 heteroatoms. The van der Waals surface area contributed by atoms with E-state index < -0.39 is 10.0 Å². The quantitative estimate of drug-likeness (QED) is 0.820. The highest BCUT2D eigenvalue weighted by atomic mass is 32.2. The molecule has 2 fully saturated rings. The van der Waals surface area contributed by atoms with Gasteiger partial charge in [0.2, 0.25) is 10.0 Å². The lowest BCUT2D eigenvalue weighted by Gasteiger charge is -2.33. The van der Waals surface area contributed by atoms with Gasteiger partial charge in [0.25, 0.3) is 0 Å². The van der Waals surface area contributed by atoms with Gasteiger partial charge in [-0.1, -0.05) is 0 Å². The van der Waals surface area contributed by atoms with E-state index in [1.807, 2.05) is 11.3 Å². The van der Waals surface area contributed by atoms with Crippen molar-refractivity contribution in [2.75, 3.05) is 38.5 Å². The van der Waals surface area contributed by atoms with Crippen LogP contribution in [0.1, 0.15) is 35.6 Å². The maximum Gasteiger partial charge on any atom is 0.213 e. The van der Waals surface area contributed by atoms with Gasteiger partial charge >= 0.3 is 0 Å². The maximum absolute atomic E-state index is 11.9. The molecular weight excluding hydrogens is 320 g/mol. The fraction of sp³-hybridized carbons (Fsp3) is 0.733. The van der Waals surface area contributed by atoms with Crippen LogP contribution in [0, 0.1) is 0 Å². The number of rotatable bonds is 5. The minimum absolute atomic E-state index is 0.197. The molecule has 0 amide bonds. The third kappa shape index (κ3) is 3.71. The minimum atomic E-state index is -3.03. The van der Waals surface area contributed by atoms with Gasteiger partial charge in [-0.05, 0) is 31.9 Å². The van der Waals surface area contributed by atoms with Gasteiger partial charge in [-0.3, -0.25) is 4.90 Å². The van der Waals surface area contributed by atoms with Gasteiger partial charge in [0.05, 0.1) is 11.9 Å². The van der Waals surface area contributed by atoms with Crippen molar-refractivity contribution < 1.29 is 13.2 Å². The van der Waals surface area contributed by atoms with Crippen LogP contribution in [-0.2, 0) is 21.3 Å². The van der Waals surface area contributed by atoms with Crippen LogP contribution in [0.3, 0.4) is 0 Å². The van der Waals surface area contributed by atoms with E-state index in [2.05, 4.69) is 17.0 Å². The Balaban J connectivity index is 1.52. The van der Waals surface area contributed by atoms with Gasteiger partial charge in [0.15, 0.2) is 0 Å². The van der Waals surface area contributed by atoms with Crippen molar-refractivity contribution in [3.63, 3.8) is 0 Å². The average Bonchev–Trinajstić information content (AvgIpc) is 3.18. The lowest BCUT2D eigenvalue weighted by Crippen LogP contribution is -2.48. The predicted octanol–water partition coefficient (Wildman–Crippen LogP) is 2.07. The molecule has 0 bridgehead atoms. The Labute approximate surface area is 136 Å². The van der Waals surface area contributed by atoms with Crippen LogP contribution in [0.4, 0.5) is 0 Å². The zero-order valence-electron chi connectivity index (χ0n) is 13.0. The largest absolute Gasteiger partial charge is 0.373 e. The van der Waals surface area contributed by atoms with E-state index in [4.69, 9.17) is 4.74 Å². The lowest BCUT2D eigenvalue weighted by molar-refractivity contribution is 0.114. The Morgan fingerprint density at radius 2 is 2.05 bits per heavy atom. The molecule has 1 aromatic heterocycles. The number of ether oxygens (including phenoxy) is 1. The first kappa shape index (κ1) is 16.4. The summed E-state index contributed by atoms with van der Waals surface area (Å²) in [6.07, 6.45) is 2.59. The zero-order valence-corrected chi connectivity index (χ0v) is 14.7. The normalized spacial score (nSPS) is 24.9. The molecule has 3 heterocycles. The molecule has 124 valence electrons. The molecule has 1 unspecified atom stereocenters. The number of hydrogen-bond donors (Lipinski definition) is 0. The van der Waals surface area contributed by atoms with Crippen LogP contribution in [0.15, 0.2) is 12.1 Å². The van der Waals surface area contributed by atoms with E-state index in [0.29, 0.717) is 19.2 Å². The molecule has 22 heavy (non-hydrogen) atoms. The maximum atomic E-state index is 11.9. The van der Waals surface area contributed by atoms with E-state index in [0.717, 1.165) is 39.1 Å². The zero-order chi connectivity index (χ0) is 15.6. The summed E-state index contributed by atoms with van der Waals surface area (Å²) in [6.45, 7) is 6.35. The molecule has 0 aliphatic carbocycles. The standard InChI is InChI=1S/C15H24N2O3S2/c1-2-22(18,19)17-9-7-16(8-10-17)12-13-5-6-15(21-13)14-4-3-11-20-14/h5-6,14H,2-4,7-12H2,1H3. The van der Waals surface area contributed by atoms with Gasteiger partial charge in [-0.25, -0.2) is 8.42 Å². The second-order valence-corrected chi connectivity index (χ2v) is 9.34. The van der Waals surface area contributed by atoms with Gasteiger partial charge in [0.1, 0.15) is 0 Å². The number of thiophene rings is 1. The SMILES string of the molecule is CCS(=O)(=O)N1CCN(Cc2ccc(C3CCCO3)s2)CC1. The summed E-state index contributed by atoms with van der Waals surface area (Å²) in [4.78, 5) is 5.02. The average molecular weight is 345 g/mol. The Kier molecular flexibility index (Phi) is 5.19. The highest BCUT2D eigenvalue weighted by Crippen LogP contribution is 2.33. The Hall–Kier alpha value is -0.470. The van der Waals surface area contributed by atoms with Crippen LogP contribution in [0.5, 0.6) is 0 Å². The Morgan fingerprint density at radius 3 is 2.68 bits per heavy atom. The summed E-state index contributed by atoms with van der Waals surface area (Å²) >= 11 is 1.84. The molecule has 0 saturated carbocycles. The van der Waals surface area contributed by atoms with Crippen molar-refractivity contribution in [3.05, 3.63) is 21.9 Å². The van der Waals surface area contributed by atoms with E-state index in [1.165, 1.54) is 9.75 Å². The molecule has 0 spiro atoms. The molecule has 1 aromatic rings. The molecule has 1 atom stereocenters. The second kappa shape index (κ2) is 6.97. The summed E-state index contributed by atoms with van der Waals surface area (Å²) in [5, 5.41) is 0. The second-order valence-electron chi connectivity index (χ2n) is 5.88. The van der Waals surface area contributed by atoms with Crippen LogP contribution in [0.25, 0.3) is 0 Å². The third-order valence-electron chi connectivity index (χ3n) is 4.40. The fourth-order valence-corrected chi connectivity index (χ4v) is 5.25. The molecule has 0 radical (unpaired) electrons. The molecule has 5 nitrogen and oxygen atoms in total. The highest BCUT2D eigenvalue weighted by Gasteiger charge is 2.26. The van der Waals surface area contributed by atoms with Crippen LogP contribution < -0.4 is 0 Å². The smallest absolute Gasteiger partial charge is 0.213 e. The van der Waals surface area contributed by atoms with Crippen LogP contribution in [0.2, 0.25) is 0 Å². The van der Waals surface area contributed by atoms with E-state index in [1.54, 1.807) is 11.2 Å². The molecule has 0 aromatic carbocycles. The van der Waals surface area contributed by atoms with Gasteiger partial charge in [0, 0.05) is 49.1 Å². The number of piperazine rings is 1. The summed E-state index contributed by atoms with van der Waals surface area (Å²) in [6, 6.07) is 4.38. The highest BCUT2D eigenvalue weighted by molar-refractivity contribution is 7.89. The summed E-state index contributed by atoms with van der Waals surface area (Å²) < 4.78 is 31.1. The Bertz CT molecular complexity index is 586. The van der Waals surface area contributed by atoms with Crippen molar-refractivity contribution in [1.29, 1.82) is 0 Å². The van der Waals surface area contributed by atoms with Crippen molar-refractivity contribution in [1.82, 2.24) is 9.21 Å². The van der Waals surface area contributed by atoms with E-state index >= 15 is 0 Å². The summed E-state index contributed by atoms with van der Waals surface area (Å²) in [5.41, 5.74) is 0. The fourth-order valence-electron chi connectivity index (χ4n) is 3.02. The monoisotopic (exact) mass is 344 g/mol. The minimum Gasteiger partial charge on any atom is -0.373 e. The predicted molar refractivity (Wildman–Crippen MR) is 88.6 cm³/mol. The first-order chi connectivity index (χ1) is 10.6. The summed E-state index contributed by atoms with van der Waals surface area (Å²) in [7, 11) is -3.03. The third-order valence-corrected chi connectivity index (χ3v) is 7.44. The first-order valence-corrected chi connectivity index (χ1v) is 10.4. The van der Waals surface area contributed by atoms with E-state index in [-0.39, 0.29) is 5.75 Å². The molecule has 2 aliphatic heterocycles. The topological polar surface area (TPSA) is 49.9 Å². The molecule has 2 aliphatic rings. The number of sulfonamides is 1. The number of hydrogen-bond acceptors (Lipinski definition) is 5. The first-order valence-electron chi connectivity index (χ1n) is 7.99. The van der Waals surface area contributed by atoms with Gasteiger partial charge in [-0.15, -0.1) is 11.3 Å². The van der Waals surface area contributed by atoms with Crippen LogP contribution in [-0.4, -0.2) is 56.2 Å². The number of nitrogens with zero attached hydrogens (tertiary/aromatic N) is 2. The lowest BCUT2D eigenvalue weighted by atomic mass is 10.2. The van der Waals surface area contributed by atoms with Gasteiger partial charge < -0.3 is 4.74 Å². The van der Waals surface area contributed by atoms with Crippen molar-refractivity contribution in [2.24, 2.45) is 0 Å². The molecular formula is C15H24N2O3S2. The summed E-state index contributed by atoms with van der Waals surface area (Å²) in [5.74, 6) is 0.197. The van der Waals surface area contributed by atoms with Crippen LogP contribution >= 0.6 is 11.3 Å². The molecule has 3 rings (SSSR count). The van der Waals surface area contributed by atoms with E-state index in [9.17, 15) is 8.42 Å². The van der Waals surface area contributed by atoms with Gasteiger partial charge in [-0.2, -0.15) is 4.31 Å². The molecule has 2 saturated heterocycles. The van der Waals surface area contributed by atoms with Crippen molar-refractivity contribution >= 4 is 21.4 Å². The van der Waals surface area contributed by atoms with Crippen molar-refractivity contribution in [2.45, 2.75) is 32.4 Å². The molecule has 0 N–H and O–H groups in total.